The van der Waals surface area contributed by atoms with Gasteiger partial charge < -0.3 is 19.3 Å². The predicted octanol–water partition coefficient (Wildman–Crippen LogP) is 6.94. The summed E-state index contributed by atoms with van der Waals surface area (Å²) in [6.07, 6.45) is 2.30. The molecule has 0 bridgehead atoms. The van der Waals surface area contributed by atoms with E-state index in [2.05, 4.69) is 79.6 Å². The highest BCUT2D eigenvalue weighted by Crippen LogP contribution is 2.56. The van der Waals surface area contributed by atoms with Gasteiger partial charge in [0.2, 0.25) is 5.36 Å². The molecule has 3 heterocycles. The SMILES string of the molecule is CC1(C)CN(c2ccc(S(=O)(=O)[O-])cc2)c2c1c1c(c3ccccc23)C=c2c(c3c(c4ccccc24)=[N+](Cc2ccc(C(=O)O)cc2)CC3(C)C)O1. The Hall–Kier alpha value is -5.51. The van der Waals surface area contributed by atoms with Crippen molar-refractivity contribution in [3.8, 4) is 11.5 Å². The van der Waals surface area contributed by atoms with Crippen molar-refractivity contribution in [3.05, 3.63) is 135 Å². The van der Waals surface area contributed by atoms with Crippen molar-refractivity contribution in [2.24, 2.45) is 0 Å². The number of benzene rings is 6. The van der Waals surface area contributed by atoms with Gasteiger partial charge in [-0.05, 0) is 73.2 Å². The summed E-state index contributed by atoms with van der Waals surface area (Å²) >= 11 is 0. The molecule has 3 aliphatic heterocycles. The van der Waals surface area contributed by atoms with Crippen LogP contribution in [0.15, 0.2) is 102 Å². The molecule has 3 aliphatic rings. The highest BCUT2D eigenvalue weighted by Gasteiger charge is 2.45. The molecule has 0 spiro atoms. The first-order valence-corrected chi connectivity index (χ1v) is 18.8. The number of ether oxygens (including phenoxy) is 1. The number of aromatic carboxylic acids is 1. The third-order valence-corrected chi connectivity index (χ3v) is 11.8. The normalized spacial score (nSPS) is 16.6. The fourth-order valence-electron chi connectivity index (χ4n) is 8.77. The van der Waals surface area contributed by atoms with Crippen LogP contribution >= 0.6 is 0 Å². The quantitative estimate of drug-likeness (QED) is 0.152. The van der Waals surface area contributed by atoms with Crippen molar-refractivity contribution >= 4 is 55.1 Å². The standard InChI is InChI=1S/C43H36N2O6S/c1-42(2)23-44(22-25-13-15-26(16-14-25)41(46)47)37-31-11-7-5-9-29(31)33-21-34-30-10-6-8-12-32(30)38-36(40(34)51-39(33)35(37)42)43(3,4)24-45(38)27-17-19-28(20-18-27)52(48,49)50/h5-21H,22-24H2,1-4H3,(H-,46,47,48,49,50). The minimum absolute atomic E-state index is 0.255. The monoisotopic (exact) mass is 708 g/mol. The topological polar surface area (TPSA) is 110 Å². The van der Waals surface area contributed by atoms with Crippen LogP contribution in [0, 0.1) is 0 Å². The highest BCUT2D eigenvalue weighted by atomic mass is 32.2. The Morgan fingerprint density at radius 3 is 2.10 bits per heavy atom. The van der Waals surface area contributed by atoms with Crippen LogP contribution in [0.2, 0.25) is 0 Å². The lowest BCUT2D eigenvalue weighted by atomic mass is 9.81. The zero-order valence-electron chi connectivity index (χ0n) is 29.2. The molecule has 0 fully saturated rings. The van der Waals surface area contributed by atoms with Gasteiger partial charge in [-0.2, -0.15) is 0 Å². The maximum Gasteiger partial charge on any atom is 0.335 e. The molecule has 52 heavy (non-hydrogen) atoms. The van der Waals surface area contributed by atoms with E-state index in [0.717, 1.165) is 83.8 Å². The van der Waals surface area contributed by atoms with Crippen LogP contribution in [0.25, 0.3) is 27.6 Å². The maximum absolute atomic E-state index is 11.7. The number of anilines is 2. The van der Waals surface area contributed by atoms with E-state index in [9.17, 15) is 22.9 Å². The Kier molecular flexibility index (Phi) is 6.85. The zero-order valence-corrected chi connectivity index (χ0v) is 30.0. The number of carbonyl (C=O) groups is 1. The Balaban J connectivity index is 1.31. The predicted molar refractivity (Wildman–Crippen MR) is 201 cm³/mol. The fraction of sp³-hybridized carbons (Fsp3) is 0.209. The summed E-state index contributed by atoms with van der Waals surface area (Å²) in [5, 5.41) is 16.0. The molecule has 260 valence electrons. The van der Waals surface area contributed by atoms with Crippen LogP contribution in [0.1, 0.15) is 60.3 Å². The minimum atomic E-state index is -4.58. The maximum atomic E-state index is 11.7. The van der Waals surface area contributed by atoms with E-state index in [1.165, 1.54) is 12.1 Å². The van der Waals surface area contributed by atoms with Gasteiger partial charge in [0, 0.05) is 44.9 Å². The van der Waals surface area contributed by atoms with Gasteiger partial charge in [0.05, 0.1) is 32.5 Å². The fourth-order valence-corrected chi connectivity index (χ4v) is 9.24. The highest BCUT2D eigenvalue weighted by molar-refractivity contribution is 7.85. The molecule has 0 atom stereocenters. The molecule has 6 aromatic rings. The van der Waals surface area contributed by atoms with Crippen molar-refractivity contribution < 1.29 is 27.6 Å². The molecule has 1 N–H and O–H groups in total. The van der Waals surface area contributed by atoms with Gasteiger partial charge >= 0.3 is 5.97 Å². The van der Waals surface area contributed by atoms with Crippen LogP contribution in [0.5, 0.6) is 11.5 Å². The molecule has 8 nitrogen and oxygen atoms in total. The van der Waals surface area contributed by atoms with Crippen molar-refractivity contribution in [2.45, 2.75) is 50.0 Å². The molecule has 0 radical (unpaired) electrons. The Bertz CT molecular complexity index is 2790. The summed E-state index contributed by atoms with van der Waals surface area (Å²) in [5.41, 5.74) is 5.72. The molecular formula is C43H36N2O6S. The number of carboxylic acids is 1. The molecule has 0 saturated carbocycles. The number of hydrogen-bond donors (Lipinski definition) is 1. The van der Waals surface area contributed by atoms with Gasteiger partial charge in [0.1, 0.15) is 21.6 Å². The molecule has 9 rings (SSSR count). The van der Waals surface area contributed by atoms with Crippen molar-refractivity contribution in [1.29, 1.82) is 0 Å². The zero-order chi connectivity index (χ0) is 36.3. The third-order valence-electron chi connectivity index (χ3n) is 10.9. The van der Waals surface area contributed by atoms with E-state index >= 15 is 0 Å². The van der Waals surface area contributed by atoms with Gasteiger partial charge in [0.25, 0.3) is 0 Å². The smallest absolute Gasteiger partial charge is 0.335 e. The van der Waals surface area contributed by atoms with Gasteiger partial charge in [-0.15, -0.1) is 0 Å². The van der Waals surface area contributed by atoms with Crippen LogP contribution in [-0.4, -0.2) is 37.1 Å². The van der Waals surface area contributed by atoms with Crippen LogP contribution in [0.3, 0.4) is 0 Å². The second-order valence-electron chi connectivity index (χ2n) is 15.4. The second kappa shape index (κ2) is 11.0. The van der Waals surface area contributed by atoms with Gasteiger partial charge in [-0.25, -0.2) is 17.8 Å². The minimum Gasteiger partial charge on any atom is -0.744 e. The average molecular weight is 709 g/mol. The summed E-state index contributed by atoms with van der Waals surface area (Å²) in [6, 6.07) is 30.1. The number of hydrogen-bond acceptors (Lipinski definition) is 6. The number of fused-ring (bicyclic) bond motifs is 12. The van der Waals surface area contributed by atoms with Crippen LogP contribution in [-0.2, 0) is 27.5 Å². The Labute approximate surface area is 301 Å². The Morgan fingerprint density at radius 2 is 1.44 bits per heavy atom. The van der Waals surface area contributed by atoms with E-state index in [4.69, 9.17) is 4.74 Å². The first kappa shape index (κ1) is 32.4. The third kappa shape index (κ3) is 4.79. The average Bonchev–Trinajstić information content (AvgIpc) is 3.56. The molecule has 0 unspecified atom stereocenters. The number of carboxylic acid groups (broad SMARTS) is 1. The first-order chi connectivity index (χ1) is 24.7. The molecule has 6 aromatic carbocycles. The number of nitrogens with zero attached hydrogens (tertiary/aromatic N) is 2. The summed E-state index contributed by atoms with van der Waals surface area (Å²) in [5.74, 6) is 0.735. The largest absolute Gasteiger partial charge is 0.744 e. The molecule has 9 heteroatoms. The van der Waals surface area contributed by atoms with Crippen molar-refractivity contribution in [2.75, 3.05) is 18.0 Å². The summed E-state index contributed by atoms with van der Waals surface area (Å²) in [4.78, 5) is 13.5. The van der Waals surface area contributed by atoms with Crippen LogP contribution < -0.4 is 24.8 Å². The van der Waals surface area contributed by atoms with Crippen molar-refractivity contribution in [3.63, 3.8) is 0 Å². The van der Waals surface area contributed by atoms with E-state index in [1.54, 1.807) is 24.3 Å². The lowest BCUT2D eigenvalue weighted by Crippen LogP contribution is -2.30. The summed E-state index contributed by atoms with van der Waals surface area (Å²) in [7, 11) is -4.58. The van der Waals surface area contributed by atoms with Crippen molar-refractivity contribution in [1.82, 2.24) is 4.58 Å². The molecular weight excluding hydrogens is 673 g/mol. The van der Waals surface area contributed by atoms with Gasteiger partial charge in [-0.3, -0.25) is 0 Å². The molecule has 0 saturated heterocycles. The molecule has 0 amide bonds. The van der Waals surface area contributed by atoms with Gasteiger partial charge in [-0.1, -0.05) is 68.4 Å². The Morgan fingerprint density at radius 1 is 0.808 bits per heavy atom. The van der Waals surface area contributed by atoms with Crippen LogP contribution in [0.4, 0.5) is 11.4 Å². The van der Waals surface area contributed by atoms with E-state index in [0.29, 0.717) is 13.1 Å². The molecule has 0 aromatic heterocycles. The summed E-state index contributed by atoms with van der Waals surface area (Å²) in [6.45, 7) is 10.9. The van der Waals surface area contributed by atoms with Gasteiger partial charge in [0.15, 0.2) is 13.1 Å². The lowest BCUT2D eigenvalue weighted by Gasteiger charge is -2.28. The lowest BCUT2D eigenvalue weighted by molar-refractivity contribution is 0.0696. The molecule has 0 aliphatic carbocycles. The van der Waals surface area contributed by atoms with E-state index in [-0.39, 0.29) is 21.3 Å². The number of rotatable bonds is 5. The van der Waals surface area contributed by atoms with E-state index in [1.807, 2.05) is 24.3 Å². The van der Waals surface area contributed by atoms with E-state index < -0.39 is 16.1 Å². The summed E-state index contributed by atoms with van der Waals surface area (Å²) < 4.78 is 45.0. The first-order valence-electron chi connectivity index (χ1n) is 17.3. The second-order valence-corrected chi connectivity index (χ2v) is 16.8.